The highest BCUT2D eigenvalue weighted by Gasteiger charge is 2.11. The molecule has 0 aromatic heterocycles. The van der Waals surface area contributed by atoms with Crippen LogP contribution in [0.1, 0.15) is 50.7 Å². The van der Waals surface area contributed by atoms with Crippen molar-refractivity contribution in [2.75, 3.05) is 5.73 Å². The summed E-state index contributed by atoms with van der Waals surface area (Å²) >= 11 is 6.18. The second-order valence-corrected chi connectivity index (χ2v) is 4.72. The molecule has 0 saturated carbocycles. The van der Waals surface area contributed by atoms with Crippen LogP contribution in [0.15, 0.2) is 12.1 Å². The van der Waals surface area contributed by atoms with Gasteiger partial charge in [0.2, 0.25) is 0 Å². The largest absolute Gasteiger partial charge is 0.398 e. The number of nitrogen functional groups attached to an aromatic ring is 1. The summed E-state index contributed by atoms with van der Waals surface area (Å²) in [6, 6.07) is 4.00. The van der Waals surface area contributed by atoms with Crippen LogP contribution >= 0.6 is 11.6 Å². The summed E-state index contributed by atoms with van der Waals surface area (Å²) in [7, 11) is 0. The van der Waals surface area contributed by atoms with Crippen LogP contribution < -0.4 is 5.73 Å². The number of halogens is 1. The van der Waals surface area contributed by atoms with E-state index in [1.54, 1.807) is 0 Å². The van der Waals surface area contributed by atoms with Gasteiger partial charge in [0.05, 0.1) is 0 Å². The molecule has 0 heterocycles. The van der Waals surface area contributed by atoms with Crippen LogP contribution in [0.2, 0.25) is 5.02 Å². The van der Waals surface area contributed by atoms with E-state index in [-0.39, 0.29) is 0 Å². The van der Waals surface area contributed by atoms with E-state index in [1.165, 1.54) is 0 Å². The molecule has 0 atom stereocenters. The first-order chi connectivity index (χ1) is 6.43. The van der Waals surface area contributed by atoms with Gasteiger partial charge >= 0.3 is 0 Å². The summed E-state index contributed by atoms with van der Waals surface area (Å²) in [5.74, 6) is 0.847. The molecule has 0 aliphatic rings. The standard InChI is InChI=1S/C12H18ClN/c1-7(2)9-6-12(14)10(8(3)4)5-11(9)13/h5-8H,14H2,1-4H3. The maximum Gasteiger partial charge on any atom is 0.0444 e. The van der Waals surface area contributed by atoms with Gasteiger partial charge in [0, 0.05) is 10.7 Å². The number of hydrogen-bond acceptors (Lipinski definition) is 1. The molecule has 78 valence electrons. The Morgan fingerprint density at radius 2 is 1.50 bits per heavy atom. The van der Waals surface area contributed by atoms with E-state index in [2.05, 4.69) is 27.7 Å². The van der Waals surface area contributed by atoms with Crippen LogP contribution in [-0.2, 0) is 0 Å². The Morgan fingerprint density at radius 1 is 1.00 bits per heavy atom. The van der Waals surface area contributed by atoms with Gasteiger partial charge in [-0.05, 0) is 35.1 Å². The molecular formula is C12H18ClN. The zero-order chi connectivity index (χ0) is 10.9. The number of rotatable bonds is 2. The third-order valence-electron chi connectivity index (χ3n) is 2.45. The third kappa shape index (κ3) is 2.21. The molecule has 1 rings (SSSR count). The van der Waals surface area contributed by atoms with E-state index in [4.69, 9.17) is 17.3 Å². The van der Waals surface area contributed by atoms with Gasteiger partial charge in [0.15, 0.2) is 0 Å². The van der Waals surface area contributed by atoms with E-state index in [0.717, 1.165) is 21.8 Å². The maximum atomic E-state index is 6.18. The molecule has 0 aliphatic heterocycles. The van der Waals surface area contributed by atoms with Gasteiger partial charge in [0.25, 0.3) is 0 Å². The average Bonchev–Trinajstić information content (AvgIpc) is 2.07. The summed E-state index contributed by atoms with van der Waals surface area (Å²) in [6.45, 7) is 8.49. The van der Waals surface area contributed by atoms with E-state index in [9.17, 15) is 0 Å². The molecule has 0 saturated heterocycles. The molecule has 0 fully saturated rings. The van der Waals surface area contributed by atoms with Crippen molar-refractivity contribution in [3.05, 3.63) is 28.3 Å². The first-order valence-electron chi connectivity index (χ1n) is 5.02. The minimum Gasteiger partial charge on any atom is -0.398 e. The van der Waals surface area contributed by atoms with Crippen molar-refractivity contribution < 1.29 is 0 Å². The first-order valence-corrected chi connectivity index (χ1v) is 5.40. The maximum absolute atomic E-state index is 6.18. The molecule has 0 amide bonds. The number of benzene rings is 1. The highest BCUT2D eigenvalue weighted by atomic mass is 35.5. The van der Waals surface area contributed by atoms with Crippen LogP contribution in [0.5, 0.6) is 0 Å². The number of hydrogen-bond donors (Lipinski definition) is 1. The van der Waals surface area contributed by atoms with Gasteiger partial charge < -0.3 is 5.73 Å². The van der Waals surface area contributed by atoms with Gasteiger partial charge in [-0.15, -0.1) is 0 Å². The molecule has 0 radical (unpaired) electrons. The Kier molecular flexibility index (Phi) is 3.43. The van der Waals surface area contributed by atoms with Gasteiger partial charge in [-0.25, -0.2) is 0 Å². The third-order valence-corrected chi connectivity index (χ3v) is 2.77. The molecule has 0 spiro atoms. The number of nitrogens with two attached hydrogens (primary N) is 1. The molecule has 14 heavy (non-hydrogen) atoms. The molecule has 2 N–H and O–H groups in total. The van der Waals surface area contributed by atoms with E-state index >= 15 is 0 Å². The second-order valence-electron chi connectivity index (χ2n) is 4.31. The van der Waals surface area contributed by atoms with Crippen molar-refractivity contribution >= 4 is 17.3 Å². The second kappa shape index (κ2) is 4.22. The summed E-state index contributed by atoms with van der Waals surface area (Å²) in [5.41, 5.74) is 9.10. The first kappa shape index (κ1) is 11.4. The fraction of sp³-hybridized carbons (Fsp3) is 0.500. The minimum atomic E-state index is 0.422. The fourth-order valence-electron chi connectivity index (χ4n) is 1.57. The van der Waals surface area contributed by atoms with Crippen LogP contribution in [0, 0.1) is 0 Å². The highest BCUT2D eigenvalue weighted by molar-refractivity contribution is 6.31. The summed E-state index contributed by atoms with van der Waals surface area (Å²) in [5, 5.41) is 0.831. The molecular weight excluding hydrogens is 194 g/mol. The smallest absolute Gasteiger partial charge is 0.0444 e. The van der Waals surface area contributed by atoms with Crippen molar-refractivity contribution in [2.45, 2.75) is 39.5 Å². The van der Waals surface area contributed by atoms with Crippen molar-refractivity contribution in [1.29, 1.82) is 0 Å². The predicted molar refractivity (Wildman–Crippen MR) is 64.0 cm³/mol. The Bertz CT molecular complexity index is 296. The summed E-state index contributed by atoms with van der Waals surface area (Å²) in [6.07, 6.45) is 0. The quantitative estimate of drug-likeness (QED) is 0.731. The molecule has 1 nitrogen and oxygen atoms in total. The van der Waals surface area contributed by atoms with Crippen molar-refractivity contribution in [3.63, 3.8) is 0 Å². The molecule has 0 aliphatic carbocycles. The SMILES string of the molecule is CC(C)c1cc(Cl)c(C(C)C)cc1N. The Labute approximate surface area is 91.3 Å². The lowest BCUT2D eigenvalue weighted by atomic mass is 9.95. The Hall–Kier alpha value is -0.690. The lowest BCUT2D eigenvalue weighted by molar-refractivity contribution is 0.848. The van der Waals surface area contributed by atoms with Gasteiger partial charge in [-0.1, -0.05) is 39.3 Å². The minimum absolute atomic E-state index is 0.422. The zero-order valence-electron chi connectivity index (χ0n) is 9.26. The van der Waals surface area contributed by atoms with E-state index in [0.29, 0.717) is 11.8 Å². The lowest BCUT2D eigenvalue weighted by Crippen LogP contribution is -2.00. The van der Waals surface area contributed by atoms with Crippen molar-refractivity contribution in [3.8, 4) is 0 Å². The lowest BCUT2D eigenvalue weighted by Gasteiger charge is -2.15. The topological polar surface area (TPSA) is 26.0 Å². The Morgan fingerprint density at radius 3 is 1.93 bits per heavy atom. The summed E-state index contributed by atoms with van der Waals surface area (Å²) in [4.78, 5) is 0. The van der Waals surface area contributed by atoms with E-state index in [1.807, 2.05) is 12.1 Å². The van der Waals surface area contributed by atoms with Crippen LogP contribution in [0.25, 0.3) is 0 Å². The highest BCUT2D eigenvalue weighted by Crippen LogP contribution is 2.32. The van der Waals surface area contributed by atoms with Crippen molar-refractivity contribution in [2.24, 2.45) is 0 Å². The molecule has 0 bridgehead atoms. The normalized spacial score (nSPS) is 11.4. The molecule has 0 unspecified atom stereocenters. The van der Waals surface area contributed by atoms with Gasteiger partial charge in [0.1, 0.15) is 0 Å². The van der Waals surface area contributed by atoms with Crippen LogP contribution in [-0.4, -0.2) is 0 Å². The van der Waals surface area contributed by atoms with Crippen LogP contribution in [0.4, 0.5) is 5.69 Å². The van der Waals surface area contributed by atoms with Gasteiger partial charge in [-0.3, -0.25) is 0 Å². The van der Waals surface area contributed by atoms with Gasteiger partial charge in [-0.2, -0.15) is 0 Å². The predicted octanol–water partition coefficient (Wildman–Crippen LogP) is 4.17. The summed E-state index contributed by atoms with van der Waals surface area (Å²) < 4.78 is 0. The molecule has 1 aromatic rings. The fourth-order valence-corrected chi connectivity index (χ4v) is 1.96. The number of anilines is 1. The van der Waals surface area contributed by atoms with Crippen molar-refractivity contribution in [1.82, 2.24) is 0 Å². The molecule has 1 aromatic carbocycles. The average molecular weight is 212 g/mol. The van der Waals surface area contributed by atoms with E-state index < -0.39 is 0 Å². The molecule has 2 heteroatoms. The monoisotopic (exact) mass is 211 g/mol. The van der Waals surface area contributed by atoms with Crippen LogP contribution in [0.3, 0.4) is 0 Å². The Balaban J connectivity index is 3.24. The zero-order valence-corrected chi connectivity index (χ0v) is 10.0.